The predicted octanol–water partition coefficient (Wildman–Crippen LogP) is 2.49. The topological polar surface area (TPSA) is 46.5 Å². The molecule has 0 radical (unpaired) electrons. The Hall–Kier alpha value is -0.940. The van der Waals surface area contributed by atoms with E-state index >= 15 is 0 Å². The molecule has 2 atom stereocenters. The lowest BCUT2D eigenvalue weighted by atomic mass is 9.80. The number of fused-ring (bicyclic) bond motifs is 2. The van der Waals surface area contributed by atoms with Crippen molar-refractivity contribution in [1.82, 2.24) is 0 Å². The molecule has 2 aliphatic heterocycles. The first-order valence-corrected chi connectivity index (χ1v) is 8.27. The SMILES string of the molecule is COc1cccc(F)c1C1(O)CC2CCCC(C1)S2=O. The van der Waals surface area contributed by atoms with E-state index in [0.717, 1.165) is 19.3 Å². The zero-order valence-corrected chi connectivity index (χ0v) is 12.3. The van der Waals surface area contributed by atoms with Crippen LogP contribution in [0.15, 0.2) is 18.2 Å². The third-order valence-corrected chi connectivity index (χ3v) is 6.62. The fraction of sp³-hybridized carbons (Fsp3) is 0.600. The minimum Gasteiger partial charge on any atom is -0.496 e. The van der Waals surface area contributed by atoms with Crippen LogP contribution >= 0.6 is 0 Å². The van der Waals surface area contributed by atoms with Gasteiger partial charge in [-0.05, 0) is 37.8 Å². The Morgan fingerprint density at radius 1 is 1.35 bits per heavy atom. The van der Waals surface area contributed by atoms with E-state index in [1.165, 1.54) is 13.2 Å². The van der Waals surface area contributed by atoms with E-state index in [0.29, 0.717) is 18.6 Å². The number of ether oxygens (including phenoxy) is 1. The quantitative estimate of drug-likeness (QED) is 0.912. The van der Waals surface area contributed by atoms with Gasteiger partial charge >= 0.3 is 0 Å². The lowest BCUT2D eigenvalue weighted by Gasteiger charge is -2.44. The van der Waals surface area contributed by atoms with Gasteiger partial charge in [0, 0.05) is 21.3 Å². The molecular weight excluding hydrogens is 279 g/mol. The number of halogens is 1. The third kappa shape index (κ3) is 2.17. The van der Waals surface area contributed by atoms with E-state index in [-0.39, 0.29) is 16.1 Å². The average molecular weight is 298 g/mol. The zero-order valence-electron chi connectivity index (χ0n) is 11.5. The summed E-state index contributed by atoms with van der Waals surface area (Å²) in [6.07, 6.45) is 3.46. The molecule has 3 nitrogen and oxygen atoms in total. The molecule has 0 spiro atoms. The van der Waals surface area contributed by atoms with Crippen LogP contribution in [-0.4, -0.2) is 26.9 Å². The number of hydrogen-bond donors (Lipinski definition) is 1. The lowest BCUT2D eigenvalue weighted by Crippen LogP contribution is -2.47. The highest BCUT2D eigenvalue weighted by atomic mass is 32.2. The molecule has 2 aliphatic rings. The van der Waals surface area contributed by atoms with Gasteiger partial charge in [0.2, 0.25) is 0 Å². The first-order chi connectivity index (χ1) is 9.55. The molecule has 2 heterocycles. The minimum absolute atomic E-state index is 0.0307. The van der Waals surface area contributed by atoms with Crippen LogP contribution < -0.4 is 4.74 Å². The highest BCUT2D eigenvalue weighted by Crippen LogP contribution is 2.47. The van der Waals surface area contributed by atoms with Gasteiger partial charge in [0.25, 0.3) is 0 Å². The van der Waals surface area contributed by atoms with Crippen LogP contribution in [0.2, 0.25) is 0 Å². The summed E-state index contributed by atoms with van der Waals surface area (Å²) < 4.78 is 31.7. The molecular formula is C15H19FO3S. The predicted molar refractivity (Wildman–Crippen MR) is 75.7 cm³/mol. The van der Waals surface area contributed by atoms with E-state index in [1.54, 1.807) is 12.1 Å². The summed E-state index contributed by atoms with van der Waals surface area (Å²) in [4.78, 5) is 0. The maximum atomic E-state index is 14.2. The lowest BCUT2D eigenvalue weighted by molar-refractivity contribution is 0.00126. The number of methoxy groups -OCH3 is 1. The van der Waals surface area contributed by atoms with Crippen LogP contribution in [0.5, 0.6) is 5.75 Å². The van der Waals surface area contributed by atoms with Gasteiger partial charge in [-0.1, -0.05) is 12.5 Å². The van der Waals surface area contributed by atoms with Crippen LogP contribution in [0.3, 0.4) is 0 Å². The van der Waals surface area contributed by atoms with Gasteiger partial charge in [-0.25, -0.2) is 4.39 Å². The number of rotatable bonds is 2. The molecule has 0 aliphatic carbocycles. The molecule has 110 valence electrons. The maximum Gasteiger partial charge on any atom is 0.133 e. The Labute approximate surface area is 120 Å². The van der Waals surface area contributed by atoms with E-state index in [4.69, 9.17) is 4.74 Å². The van der Waals surface area contributed by atoms with Gasteiger partial charge in [0.1, 0.15) is 11.6 Å². The standard InChI is InChI=1S/C15H19FO3S/c1-19-13-7-3-6-12(16)14(13)15(17)8-10-4-2-5-11(9-15)20(10)18/h3,6-7,10-11,17H,2,4-5,8-9H2,1H3. The largest absolute Gasteiger partial charge is 0.496 e. The first-order valence-electron chi connectivity index (χ1n) is 7.00. The highest BCUT2D eigenvalue weighted by molar-refractivity contribution is 7.86. The molecule has 1 aromatic carbocycles. The smallest absolute Gasteiger partial charge is 0.133 e. The van der Waals surface area contributed by atoms with Crippen molar-refractivity contribution in [2.24, 2.45) is 0 Å². The van der Waals surface area contributed by atoms with Crippen molar-refractivity contribution in [1.29, 1.82) is 0 Å². The van der Waals surface area contributed by atoms with E-state index in [1.807, 2.05) is 0 Å². The number of aliphatic hydroxyl groups is 1. The van der Waals surface area contributed by atoms with Gasteiger partial charge in [0.05, 0.1) is 18.3 Å². The maximum absolute atomic E-state index is 14.2. The summed E-state index contributed by atoms with van der Waals surface area (Å²) in [5.74, 6) is -0.0733. The summed E-state index contributed by atoms with van der Waals surface area (Å²) in [5.41, 5.74) is -1.03. The van der Waals surface area contributed by atoms with E-state index in [9.17, 15) is 13.7 Å². The fourth-order valence-electron chi connectivity index (χ4n) is 3.61. The monoisotopic (exact) mass is 298 g/mol. The van der Waals surface area contributed by atoms with Crippen molar-refractivity contribution in [3.63, 3.8) is 0 Å². The van der Waals surface area contributed by atoms with Gasteiger partial charge in [0.15, 0.2) is 0 Å². The molecule has 0 aromatic heterocycles. The van der Waals surface area contributed by atoms with Crippen molar-refractivity contribution in [3.05, 3.63) is 29.6 Å². The summed E-state index contributed by atoms with van der Waals surface area (Å²) in [5, 5.41) is 10.9. The number of benzene rings is 1. The molecule has 1 aromatic rings. The molecule has 20 heavy (non-hydrogen) atoms. The summed E-state index contributed by atoms with van der Waals surface area (Å²) >= 11 is 0. The highest BCUT2D eigenvalue weighted by Gasteiger charge is 2.48. The van der Waals surface area contributed by atoms with Crippen molar-refractivity contribution >= 4 is 10.8 Å². The number of hydrogen-bond acceptors (Lipinski definition) is 3. The van der Waals surface area contributed by atoms with Crippen LogP contribution in [0.4, 0.5) is 4.39 Å². The minimum atomic E-state index is -1.26. The molecule has 3 rings (SSSR count). The summed E-state index contributed by atoms with van der Waals surface area (Å²) in [7, 11) is 0.581. The van der Waals surface area contributed by atoms with Crippen LogP contribution in [0.25, 0.3) is 0 Å². The van der Waals surface area contributed by atoms with Crippen molar-refractivity contribution in [2.75, 3.05) is 7.11 Å². The zero-order chi connectivity index (χ0) is 14.3. The van der Waals surface area contributed by atoms with E-state index < -0.39 is 22.2 Å². The molecule has 2 bridgehead atoms. The van der Waals surface area contributed by atoms with Crippen LogP contribution in [0, 0.1) is 5.82 Å². The molecule has 1 N–H and O–H groups in total. The van der Waals surface area contributed by atoms with Gasteiger partial charge in [-0.3, -0.25) is 4.21 Å². The molecule has 5 heteroatoms. The summed E-state index contributed by atoms with van der Waals surface area (Å²) in [6.45, 7) is 0. The second kappa shape index (κ2) is 5.11. The van der Waals surface area contributed by atoms with Crippen LogP contribution in [-0.2, 0) is 16.4 Å². The Bertz CT molecular complexity index is 530. The Kier molecular flexibility index (Phi) is 3.58. The van der Waals surface area contributed by atoms with Gasteiger partial charge in [-0.15, -0.1) is 0 Å². The Morgan fingerprint density at radius 2 is 2.00 bits per heavy atom. The molecule has 0 saturated carbocycles. The second-order valence-corrected chi connectivity index (χ2v) is 7.75. The van der Waals surface area contributed by atoms with Gasteiger partial charge < -0.3 is 9.84 Å². The van der Waals surface area contributed by atoms with Gasteiger partial charge in [-0.2, -0.15) is 0 Å². The second-order valence-electron chi connectivity index (χ2n) is 5.76. The average Bonchev–Trinajstić information content (AvgIpc) is 2.40. The third-order valence-electron chi connectivity index (χ3n) is 4.50. The Morgan fingerprint density at radius 3 is 2.60 bits per heavy atom. The Balaban J connectivity index is 2.03. The van der Waals surface area contributed by atoms with Crippen molar-refractivity contribution in [3.8, 4) is 5.75 Å². The van der Waals surface area contributed by atoms with Crippen LogP contribution in [0.1, 0.15) is 37.7 Å². The molecule has 2 unspecified atom stereocenters. The fourth-order valence-corrected chi connectivity index (χ4v) is 5.84. The van der Waals surface area contributed by atoms with Crippen molar-refractivity contribution in [2.45, 2.75) is 48.2 Å². The first kappa shape index (κ1) is 14.0. The molecule has 2 saturated heterocycles. The molecule has 2 fully saturated rings. The molecule has 0 amide bonds. The normalized spacial score (nSPS) is 36.6. The summed E-state index contributed by atoms with van der Waals surface area (Å²) in [6, 6.07) is 4.58. The van der Waals surface area contributed by atoms with E-state index in [2.05, 4.69) is 0 Å². The van der Waals surface area contributed by atoms with Crippen molar-refractivity contribution < 1.29 is 18.4 Å².